The third kappa shape index (κ3) is 14.7. The first-order valence-electron chi connectivity index (χ1n) is 16.0. The minimum absolute atomic E-state index is 0.0167. The van der Waals surface area contributed by atoms with Crippen molar-refractivity contribution >= 4 is 23.7 Å². The predicted molar refractivity (Wildman–Crippen MR) is 164 cm³/mol. The molecule has 16 nitrogen and oxygen atoms in total. The van der Waals surface area contributed by atoms with Gasteiger partial charge in [-0.25, -0.2) is 17.9 Å². The molecule has 21 heteroatoms. The van der Waals surface area contributed by atoms with Gasteiger partial charge in [0.05, 0.1) is 98.4 Å². The highest BCUT2D eigenvalue weighted by molar-refractivity contribution is 6.13. The fraction of sp³-hybridized carbons (Fsp3) is 0.548. The van der Waals surface area contributed by atoms with Crippen molar-refractivity contribution < 1.29 is 74.3 Å². The van der Waals surface area contributed by atoms with Crippen molar-refractivity contribution in [3.63, 3.8) is 0 Å². The summed E-state index contributed by atoms with van der Waals surface area (Å²) in [6.45, 7) is 3.42. The van der Waals surface area contributed by atoms with Crippen LogP contribution in [-0.2, 0) is 60.8 Å². The van der Waals surface area contributed by atoms with Gasteiger partial charge in [0.1, 0.15) is 5.69 Å². The van der Waals surface area contributed by atoms with E-state index in [4.69, 9.17) is 28.4 Å². The highest BCUT2D eigenvalue weighted by Crippen LogP contribution is 2.29. The second-order valence-electron chi connectivity index (χ2n) is 10.5. The highest BCUT2D eigenvalue weighted by atomic mass is 19.2. The summed E-state index contributed by atoms with van der Waals surface area (Å²) in [5, 5.41) is 10.6. The molecule has 1 aliphatic rings. The van der Waals surface area contributed by atoms with E-state index in [2.05, 4.69) is 20.4 Å². The lowest BCUT2D eigenvalue weighted by Crippen LogP contribution is -2.35. The number of amides is 3. The lowest BCUT2D eigenvalue weighted by molar-refractivity contribution is -0.138. The van der Waals surface area contributed by atoms with Gasteiger partial charge in [-0.1, -0.05) is 5.21 Å². The van der Waals surface area contributed by atoms with Gasteiger partial charge in [0.2, 0.25) is 40.7 Å². The Kier molecular flexibility index (Phi) is 18.8. The van der Waals surface area contributed by atoms with Crippen LogP contribution < -0.4 is 10.1 Å². The van der Waals surface area contributed by atoms with Crippen molar-refractivity contribution in [1.82, 2.24) is 25.2 Å². The molecule has 0 saturated carbocycles. The topological polar surface area (TPSA) is 179 Å². The molecule has 0 fully saturated rings. The lowest BCUT2D eigenvalue weighted by Gasteiger charge is -2.13. The minimum Gasteiger partial charge on any atom is -0.420 e. The van der Waals surface area contributed by atoms with Gasteiger partial charge in [-0.05, 0) is 0 Å². The normalized spacial score (nSPS) is 12.7. The van der Waals surface area contributed by atoms with E-state index in [1.165, 1.54) is 12.2 Å². The van der Waals surface area contributed by atoms with Gasteiger partial charge in [0, 0.05) is 31.7 Å². The van der Waals surface area contributed by atoms with Crippen LogP contribution in [0.3, 0.4) is 0 Å². The molecule has 0 bridgehead atoms. The van der Waals surface area contributed by atoms with Gasteiger partial charge in [0.15, 0.2) is 0 Å². The zero-order chi connectivity index (χ0) is 37.7. The molecule has 2 heterocycles. The van der Waals surface area contributed by atoms with Crippen LogP contribution in [-0.4, -0.2) is 129 Å². The molecule has 0 unspecified atom stereocenters. The van der Waals surface area contributed by atoms with Crippen molar-refractivity contribution in [3.05, 3.63) is 53.1 Å². The number of nitrogens with zero attached hydrogens (tertiary/aromatic N) is 4. The number of halogens is 5. The molecule has 3 amide bonds. The van der Waals surface area contributed by atoms with Crippen LogP contribution >= 0.6 is 0 Å². The SMILES string of the molecule is O=C(CCN1C(=O)C=CC1=O)NCCOCCOCCOCCOCc1cn(CCOCCOCCC(=O)Oc2c(F)c(F)c(F)c(F)c2F)nn1. The number of aromatic nitrogens is 3. The monoisotopic (exact) mass is 751 g/mol. The number of carbonyl (C=O) groups is 4. The standard InChI is InChI=1S/C31H38F5N5O11/c32-26-27(33)29(35)31(30(36)28(26)34)52-25(45)4-8-46-11-13-48-10-7-40-19-21(38-39-40)20-51-18-17-50-16-15-49-14-12-47-9-5-37-22(42)3-6-41-23(43)1-2-24(41)44/h1-2,19H,3-18,20H2,(H,37,42). The number of esters is 1. The van der Waals surface area contributed by atoms with Gasteiger partial charge >= 0.3 is 5.97 Å². The molecule has 1 aliphatic heterocycles. The first kappa shape index (κ1) is 42.0. The molecule has 1 aromatic carbocycles. The van der Waals surface area contributed by atoms with Gasteiger partial charge in [0.25, 0.3) is 11.8 Å². The summed E-state index contributed by atoms with van der Waals surface area (Å²) in [5.74, 6) is -15.4. The van der Waals surface area contributed by atoms with Crippen LogP contribution in [0, 0.1) is 29.1 Å². The molecule has 52 heavy (non-hydrogen) atoms. The number of imide groups is 1. The largest absolute Gasteiger partial charge is 0.420 e. The fourth-order valence-electron chi connectivity index (χ4n) is 4.04. The Labute approximate surface area is 294 Å². The Bertz CT molecular complexity index is 1470. The number of ether oxygens (including phenoxy) is 7. The molecule has 0 saturated heterocycles. The lowest BCUT2D eigenvalue weighted by atomic mass is 10.2. The predicted octanol–water partition coefficient (Wildman–Crippen LogP) is 1.00. The summed E-state index contributed by atoms with van der Waals surface area (Å²) >= 11 is 0. The fourth-order valence-corrected chi connectivity index (χ4v) is 4.04. The maximum absolute atomic E-state index is 13.6. The van der Waals surface area contributed by atoms with Crippen molar-refractivity contribution in [2.24, 2.45) is 0 Å². The molecule has 0 spiro atoms. The average Bonchev–Trinajstić information content (AvgIpc) is 3.72. The molecule has 288 valence electrons. The summed E-state index contributed by atoms with van der Waals surface area (Å²) in [5.41, 5.74) is 0.594. The number of hydrogen-bond donors (Lipinski definition) is 1. The Morgan fingerprint density at radius 2 is 1.15 bits per heavy atom. The van der Waals surface area contributed by atoms with E-state index < -0.39 is 59.0 Å². The highest BCUT2D eigenvalue weighted by Gasteiger charge is 2.28. The van der Waals surface area contributed by atoms with E-state index >= 15 is 0 Å². The van der Waals surface area contributed by atoms with Gasteiger partial charge < -0.3 is 38.5 Å². The molecule has 0 atom stereocenters. The third-order valence-electron chi connectivity index (χ3n) is 6.66. The minimum atomic E-state index is -2.36. The zero-order valence-electron chi connectivity index (χ0n) is 27.9. The van der Waals surface area contributed by atoms with Gasteiger partial charge in [-0.3, -0.25) is 24.1 Å². The zero-order valence-corrected chi connectivity index (χ0v) is 27.9. The van der Waals surface area contributed by atoms with E-state index in [-0.39, 0.29) is 65.1 Å². The van der Waals surface area contributed by atoms with E-state index in [1.807, 2.05) is 0 Å². The maximum Gasteiger partial charge on any atom is 0.313 e. The molecule has 0 aliphatic carbocycles. The summed E-state index contributed by atoms with van der Waals surface area (Å²) in [7, 11) is 0. The van der Waals surface area contributed by atoms with Crippen molar-refractivity contribution in [2.45, 2.75) is 26.0 Å². The van der Waals surface area contributed by atoms with Crippen LogP contribution in [0.2, 0.25) is 0 Å². The number of rotatable bonds is 27. The van der Waals surface area contributed by atoms with Crippen LogP contribution in [0.5, 0.6) is 5.75 Å². The smallest absolute Gasteiger partial charge is 0.313 e. The number of benzene rings is 1. The van der Waals surface area contributed by atoms with Crippen LogP contribution in [0.25, 0.3) is 0 Å². The van der Waals surface area contributed by atoms with E-state index in [9.17, 15) is 41.1 Å². The number of nitrogens with one attached hydrogen (secondary N) is 1. The Morgan fingerprint density at radius 3 is 1.77 bits per heavy atom. The summed E-state index contributed by atoms with van der Waals surface area (Å²) in [6, 6.07) is 0. The average molecular weight is 752 g/mol. The molecule has 2 aromatic rings. The van der Waals surface area contributed by atoms with E-state index in [0.717, 1.165) is 4.90 Å². The van der Waals surface area contributed by atoms with Crippen molar-refractivity contribution in [2.75, 3.05) is 85.8 Å². The summed E-state index contributed by atoms with van der Waals surface area (Å²) in [6.07, 6.45) is 3.52. The quantitative estimate of drug-likeness (QED) is 0.0260. The Balaban J connectivity index is 1.06. The van der Waals surface area contributed by atoms with Gasteiger partial charge in [-0.2, -0.15) is 8.78 Å². The van der Waals surface area contributed by atoms with Crippen LogP contribution in [0.1, 0.15) is 18.5 Å². The van der Waals surface area contributed by atoms with Crippen molar-refractivity contribution in [3.8, 4) is 5.75 Å². The maximum atomic E-state index is 13.6. The first-order valence-corrected chi connectivity index (χ1v) is 16.0. The molecule has 1 N–H and O–H groups in total. The molecule has 1 aromatic heterocycles. The Hall–Kier alpha value is -4.41. The number of hydrogen-bond acceptors (Lipinski definition) is 13. The van der Waals surface area contributed by atoms with Gasteiger partial charge in [-0.15, -0.1) is 5.10 Å². The molecular formula is C31H38F5N5O11. The molecular weight excluding hydrogens is 713 g/mol. The third-order valence-corrected chi connectivity index (χ3v) is 6.66. The van der Waals surface area contributed by atoms with Crippen LogP contribution in [0.15, 0.2) is 18.3 Å². The molecule has 0 radical (unpaired) electrons. The summed E-state index contributed by atoms with van der Waals surface area (Å²) in [4.78, 5) is 47.4. The second kappa shape index (κ2) is 23.2. The molecule has 3 rings (SSSR count). The van der Waals surface area contributed by atoms with Crippen molar-refractivity contribution in [1.29, 1.82) is 0 Å². The van der Waals surface area contributed by atoms with E-state index in [0.29, 0.717) is 51.9 Å². The van der Waals surface area contributed by atoms with E-state index in [1.54, 1.807) is 10.9 Å². The number of carbonyl (C=O) groups excluding carboxylic acids is 4. The van der Waals surface area contributed by atoms with Crippen LogP contribution in [0.4, 0.5) is 22.0 Å². The summed E-state index contributed by atoms with van der Waals surface area (Å²) < 4.78 is 105. The Morgan fingerprint density at radius 1 is 0.635 bits per heavy atom. The first-order chi connectivity index (χ1) is 25.1. The second-order valence-corrected chi connectivity index (χ2v) is 10.5.